The van der Waals surface area contributed by atoms with Crippen LogP contribution in [0.4, 0.5) is 16.2 Å². The van der Waals surface area contributed by atoms with E-state index in [2.05, 4.69) is 15.6 Å². The van der Waals surface area contributed by atoms with Crippen LogP contribution in [-0.2, 0) is 5.41 Å². The van der Waals surface area contributed by atoms with Crippen molar-refractivity contribution in [1.29, 1.82) is 0 Å². The molecular weight excluding hydrogens is 543 g/mol. The average molecular weight is 581 g/mol. The largest absolute Gasteiger partial charge is 0.390 e. The van der Waals surface area contributed by atoms with Crippen molar-refractivity contribution in [2.45, 2.75) is 77.2 Å². The fraction of sp³-hybridized carbons (Fsp3) is 0.467. The highest BCUT2D eigenvalue weighted by atomic mass is 32.1. The van der Waals surface area contributed by atoms with Crippen LogP contribution in [0.15, 0.2) is 36.5 Å². The van der Waals surface area contributed by atoms with Gasteiger partial charge < -0.3 is 26.0 Å². The van der Waals surface area contributed by atoms with Gasteiger partial charge in [-0.3, -0.25) is 4.98 Å². The molecule has 0 amide bonds. The maximum Gasteiger partial charge on any atom is 0.224 e. The molecule has 11 heteroatoms. The molecule has 3 aromatic heterocycles. The van der Waals surface area contributed by atoms with Crippen molar-refractivity contribution < 1.29 is 19.7 Å². The molecule has 0 radical (unpaired) electrons. The molecule has 3 heterocycles. The highest BCUT2D eigenvalue weighted by molar-refractivity contribution is 7.21. The van der Waals surface area contributed by atoms with E-state index >= 15 is 0 Å². The summed E-state index contributed by atoms with van der Waals surface area (Å²) in [4.78, 5) is 18.8. The van der Waals surface area contributed by atoms with E-state index in [1.165, 1.54) is 23.5 Å². The lowest BCUT2D eigenvalue weighted by Crippen LogP contribution is -2.40. The first-order valence-electron chi connectivity index (χ1n) is 13.7. The number of fused-ring (bicyclic) bond motifs is 1. The number of benzene rings is 1. The molecule has 0 unspecified atom stereocenters. The summed E-state index contributed by atoms with van der Waals surface area (Å²) in [5.74, 6) is 0.00815. The maximum atomic E-state index is 13.9. The van der Waals surface area contributed by atoms with Crippen LogP contribution >= 0.6 is 11.3 Å². The third-order valence-corrected chi connectivity index (χ3v) is 9.04. The molecule has 4 atom stereocenters. The number of hydrogen-bond acceptors (Lipinski definition) is 10. The number of thiazole rings is 1. The Morgan fingerprint density at radius 1 is 1.02 bits per heavy atom. The third-order valence-electron chi connectivity index (χ3n) is 8.00. The molecule has 4 aromatic rings. The number of aliphatic hydroxyl groups is 3. The topological polar surface area (TPSA) is 136 Å². The number of nitrogens with zero attached hydrogens (tertiary/aromatic N) is 4. The first-order valence-corrected chi connectivity index (χ1v) is 14.5. The molecule has 1 saturated carbocycles. The number of pyridine rings is 1. The number of nitrogens with one attached hydrogen (secondary N) is 2. The van der Waals surface area contributed by atoms with Gasteiger partial charge in [0.1, 0.15) is 28.3 Å². The Labute approximate surface area is 242 Å². The number of aliphatic hydroxyl groups excluding tert-OH is 2. The summed E-state index contributed by atoms with van der Waals surface area (Å²) in [6, 6.07) is 7.89. The Kier molecular flexibility index (Phi) is 7.75. The zero-order valence-electron chi connectivity index (χ0n) is 24.1. The lowest BCUT2D eigenvalue weighted by atomic mass is 9.84. The first-order chi connectivity index (χ1) is 19.2. The number of halogens is 1. The van der Waals surface area contributed by atoms with Crippen molar-refractivity contribution in [3.63, 3.8) is 0 Å². The Balaban J connectivity index is 1.52. The second-order valence-corrected chi connectivity index (χ2v) is 13.1. The smallest absolute Gasteiger partial charge is 0.224 e. The molecular formula is C30H37FN6O3S. The van der Waals surface area contributed by atoms with Crippen LogP contribution in [0.5, 0.6) is 0 Å². The number of anilines is 2. The Bertz CT molecular complexity index is 1570. The van der Waals surface area contributed by atoms with Gasteiger partial charge in [-0.15, -0.1) is 11.3 Å². The molecule has 9 nitrogen and oxygen atoms in total. The van der Waals surface area contributed by atoms with Gasteiger partial charge in [-0.05, 0) is 57.9 Å². The predicted molar refractivity (Wildman–Crippen MR) is 160 cm³/mol. The minimum atomic E-state index is -1.17. The van der Waals surface area contributed by atoms with E-state index < -0.39 is 35.2 Å². The van der Waals surface area contributed by atoms with Gasteiger partial charge >= 0.3 is 0 Å². The lowest BCUT2D eigenvalue weighted by molar-refractivity contribution is -0.0601. The number of hydrogen-bond donors (Lipinski definition) is 5. The van der Waals surface area contributed by atoms with Gasteiger partial charge in [0.25, 0.3) is 0 Å². The van der Waals surface area contributed by atoms with E-state index in [0.29, 0.717) is 41.0 Å². The number of aromatic nitrogens is 4. The molecule has 5 rings (SSSR count). The lowest BCUT2D eigenvalue weighted by Gasteiger charge is -2.28. The van der Waals surface area contributed by atoms with E-state index in [-0.39, 0.29) is 5.82 Å². The van der Waals surface area contributed by atoms with Gasteiger partial charge in [0.05, 0.1) is 39.4 Å². The fourth-order valence-corrected chi connectivity index (χ4v) is 6.58. The van der Waals surface area contributed by atoms with Gasteiger partial charge in [0.2, 0.25) is 5.95 Å². The van der Waals surface area contributed by atoms with E-state index in [4.69, 9.17) is 15.0 Å². The summed E-state index contributed by atoms with van der Waals surface area (Å²) >= 11 is 1.50. The van der Waals surface area contributed by atoms with Crippen molar-refractivity contribution in [2.24, 2.45) is 5.92 Å². The summed E-state index contributed by atoms with van der Waals surface area (Å²) in [6.07, 6.45) is -0.116. The minimum Gasteiger partial charge on any atom is -0.390 e. The van der Waals surface area contributed by atoms with E-state index in [1.807, 2.05) is 39.8 Å². The first kappa shape index (κ1) is 29.2. The molecule has 0 bridgehead atoms. The maximum absolute atomic E-state index is 13.9. The Hall–Kier alpha value is -3.25. The van der Waals surface area contributed by atoms with Crippen molar-refractivity contribution >= 4 is 33.3 Å². The molecule has 1 aliphatic carbocycles. The molecule has 5 N–H and O–H groups in total. The normalized spacial score (nSPS) is 21.4. The SMILES string of the molecule is Cc1nc(NCC(C)(C)c2cccc(F)c2)nc(N[C@@H]2C[C@H](C(C)(C)O)[C@@H](O)[C@H]2O)c1-c1nc2c(C)nccc2s1. The van der Waals surface area contributed by atoms with Crippen LogP contribution in [0.25, 0.3) is 20.8 Å². The summed E-state index contributed by atoms with van der Waals surface area (Å²) in [6.45, 7) is 11.5. The summed E-state index contributed by atoms with van der Waals surface area (Å²) in [5, 5.41) is 39.6. The van der Waals surface area contributed by atoms with Crippen LogP contribution in [0.3, 0.4) is 0 Å². The van der Waals surface area contributed by atoms with Gasteiger partial charge in [0, 0.05) is 24.1 Å². The van der Waals surface area contributed by atoms with Crippen LogP contribution in [0.2, 0.25) is 0 Å². The van der Waals surface area contributed by atoms with Crippen LogP contribution < -0.4 is 10.6 Å². The van der Waals surface area contributed by atoms with Crippen molar-refractivity contribution in [3.05, 3.63) is 59.3 Å². The third kappa shape index (κ3) is 5.90. The Morgan fingerprint density at radius 3 is 2.44 bits per heavy atom. The predicted octanol–water partition coefficient (Wildman–Crippen LogP) is 4.59. The van der Waals surface area contributed by atoms with Gasteiger partial charge in [-0.2, -0.15) is 4.98 Å². The molecule has 1 fully saturated rings. The number of aryl methyl sites for hydroxylation is 2. The molecule has 0 saturated heterocycles. The molecule has 1 aromatic carbocycles. The zero-order chi connectivity index (χ0) is 29.7. The van der Waals surface area contributed by atoms with Gasteiger partial charge in [0.15, 0.2) is 0 Å². The van der Waals surface area contributed by atoms with Crippen molar-refractivity contribution in [1.82, 2.24) is 19.9 Å². The molecule has 0 aliphatic heterocycles. The molecule has 218 valence electrons. The molecule has 1 aliphatic rings. The van der Waals surface area contributed by atoms with Crippen LogP contribution in [0.1, 0.15) is 51.1 Å². The molecule has 0 spiro atoms. The van der Waals surface area contributed by atoms with Crippen LogP contribution in [-0.4, -0.2) is 65.7 Å². The summed E-state index contributed by atoms with van der Waals surface area (Å²) in [7, 11) is 0. The second-order valence-electron chi connectivity index (χ2n) is 12.1. The quantitative estimate of drug-likeness (QED) is 0.203. The highest BCUT2D eigenvalue weighted by Crippen LogP contribution is 2.40. The van der Waals surface area contributed by atoms with E-state index in [9.17, 15) is 19.7 Å². The van der Waals surface area contributed by atoms with Crippen molar-refractivity contribution in [2.75, 3.05) is 17.2 Å². The minimum absolute atomic E-state index is 0.290. The highest BCUT2D eigenvalue weighted by Gasteiger charge is 2.48. The molecule has 41 heavy (non-hydrogen) atoms. The zero-order valence-corrected chi connectivity index (χ0v) is 24.9. The number of rotatable bonds is 8. The summed E-state index contributed by atoms with van der Waals surface area (Å²) in [5.41, 5.74) is 2.23. The van der Waals surface area contributed by atoms with E-state index in [1.54, 1.807) is 26.1 Å². The van der Waals surface area contributed by atoms with Gasteiger partial charge in [-0.1, -0.05) is 26.0 Å². The van der Waals surface area contributed by atoms with Crippen molar-refractivity contribution in [3.8, 4) is 10.6 Å². The second kappa shape index (κ2) is 10.9. The fourth-order valence-electron chi connectivity index (χ4n) is 5.47. The van der Waals surface area contributed by atoms with E-state index in [0.717, 1.165) is 21.5 Å². The summed E-state index contributed by atoms with van der Waals surface area (Å²) < 4.78 is 14.9. The average Bonchev–Trinajstić information content (AvgIpc) is 3.45. The standard InChI is InChI=1S/C30H37FN6O3S/c1-15-22(27-36-23-16(2)32-11-10-21(23)41-27)26(35-20-13-19(30(5,6)40)24(38)25(20)39)37-28(34-15)33-14-29(3,4)17-8-7-9-18(31)12-17/h7-12,19-20,24-25,38-40H,13-14H2,1-6H3,(H2,33,34,35,37)/t19-,20+,24+,25-/m0/s1. The Morgan fingerprint density at radius 2 is 1.78 bits per heavy atom. The van der Waals surface area contributed by atoms with Crippen LogP contribution in [0, 0.1) is 25.6 Å². The van der Waals surface area contributed by atoms with Gasteiger partial charge in [-0.25, -0.2) is 14.4 Å². The monoisotopic (exact) mass is 580 g/mol.